The Hall–Kier alpha value is -2.20. The minimum absolute atomic E-state index is 0.215. The summed E-state index contributed by atoms with van der Waals surface area (Å²) < 4.78 is 34.1. The van der Waals surface area contributed by atoms with E-state index in [1.54, 1.807) is 47.6 Å². The molecule has 10 heteroatoms. The summed E-state index contributed by atoms with van der Waals surface area (Å²) in [5.74, 6) is 0. The number of urea groups is 1. The molecule has 2 bridgehead atoms. The molecule has 8 nitrogen and oxygen atoms in total. The van der Waals surface area contributed by atoms with Crippen molar-refractivity contribution in [2.75, 3.05) is 25.0 Å². The molecule has 0 aliphatic carbocycles. The van der Waals surface area contributed by atoms with Crippen molar-refractivity contribution in [1.82, 2.24) is 14.2 Å². The molecule has 2 amide bonds. The van der Waals surface area contributed by atoms with Gasteiger partial charge in [-0.1, -0.05) is 29.8 Å². The lowest BCUT2D eigenvalue weighted by Gasteiger charge is -2.39. The van der Waals surface area contributed by atoms with Gasteiger partial charge in [0.2, 0.25) is 10.0 Å². The molecule has 3 aliphatic heterocycles. The van der Waals surface area contributed by atoms with Crippen LogP contribution in [0.3, 0.4) is 0 Å². The van der Waals surface area contributed by atoms with Gasteiger partial charge in [-0.25, -0.2) is 13.2 Å². The lowest BCUT2D eigenvalue weighted by molar-refractivity contribution is -0.0946. The maximum absolute atomic E-state index is 13.2. The Morgan fingerprint density at radius 1 is 1.27 bits per heavy atom. The van der Waals surface area contributed by atoms with E-state index in [1.165, 1.54) is 4.31 Å². The number of amides is 2. The van der Waals surface area contributed by atoms with Crippen LogP contribution >= 0.6 is 11.6 Å². The first-order chi connectivity index (χ1) is 14.4. The number of anilines is 1. The normalized spacial score (nSPS) is 29.6. The molecule has 30 heavy (non-hydrogen) atoms. The van der Waals surface area contributed by atoms with Crippen molar-refractivity contribution >= 4 is 33.3 Å². The minimum atomic E-state index is -3.54. The highest BCUT2D eigenvalue weighted by atomic mass is 35.5. The molecule has 3 aliphatic rings. The molecule has 0 unspecified atom stereocenters. The van der Waals surface area contributed by atoms with E-state index in [1.807, 2.05) is 6.07 Å². The van der Waals surface area contributed by atoms with E-state index < -0.39 is 20.9 Å². The first-order valence-corrected chi connectivity index (χ1v) is 11.6. The molecule has 0 radical (unpaired) electrons. The van der Waals surface area contributed by atoms with Gasteiger partial charge in [-0.2, -0.15) is 4.31 Å². The Kier molecular flexibility index (Phi) is 4.73. The molecular weight excluding hydrogens is 428 g/mol. The number of fused-ring (bicyclic) bond motifs is 1. The molecule has 1 spiro atoms. The zero-order valence-corrected chi connectivity index (χ0v) is 17.6. The van der Waals surface area contributed by atoms with E-state index in [-0.39, 0.29) is 31.8 Å². The number of rotatable bonds is 3. The zero-order valence-electron chi connectivity index (χ0n) is 16.1. The summed E-state index contributed by atoms with van der Waals surface area (Å²) in [7, 11) is -3.54. The zero-order chi connectivity index (χ0) is 20.9. The Morgan fingerprint density at radius 2 is 2.10 bits per heavy atom. The summed E-state index contributed by atoms with van der Waals surface area (Å²) in [5, 5.41) is 2.63. The monoisotopic (exact) mass is 448 g/mol. The van der Waals surface area contributed by atoms with E-state index in [4.69, 9.17) is 16.3 Å². The molecule has 0 saturated carbocycles. The average Bonchev–Trinajstić information content (AvgIpc) is 3.09. The van der Waals surface area contributed by atoms with Crippen molar-refractivity contribution in [3.05, 3.63) is 59.4 Å². The number of carbonyl (C=O) groups is 1. The van der Waals surface area contributed by atoms with Gasteiger partial charge in [-0.3, -0.25) is 4.98 Å². The topological polar surface area (TPSA) is 91.8 Å². The highest BCUT2D eigenvalue weighted by molar-refractivity contribution is 7.90. The quantitative estimate of drug-likeness (QED) is 0.778. The Balaban J connectivity index is 1.36. The van der Waals surface area contributed by atoms with Crippen molar-refractivity contribution < 1.29 is 17.9 Å². The number of carbonyl (C=O) groups excluding carboxylic acids is 1. The molecule has 158 valence electrons. The van der Waals surface area contributed by atoms with Gasteiger partial charge in [0.05, 0.1) is 23.4 Å². The molecule has 3 atom stereocenters. The fourth-order valence-corrected chi connectivity index (χ4v) is 7.17. The molecule has 4 heterocycles. The second-order valence-corrected chi connectivity index (χ2v) is 10.5. The number of morpholine rings is 1. The number of aromatic nitrogens is 1. The number of likely N-dealkylation sites (tertiary alicyclic amines) is 1. The van der Waals surface area contributed by atoms with Gasteiger partial charge in [-0.15, -0.1) is 0 Å². The standard InChI is InChI=1S/C20H21ClN4O4S/c21-16-5-1-2-6-17(16)23-19(26)24-11-15-8-18-20(12-24,29-15)13-25(30(18,27)28)10-14-4-3-7-22-9-14/h1-7,9,15,18H,8,10-13H2,(H,23,26)/t15-,18+,20+/m1/s1. The third kappa shape index (κ3) is 3.26. The van der Waals surface area contributed by atoms with E-state index in [9.17, 15) is 13.2 Å². The summed E-state index contributed by atoms with van der Waals surface area (Å²) >= 11 is 6.15. The molecule has 5 rings (SSSR count). The molecular formula is C20H21ClN4O4S. The fourth-order valence-electron chi connectivity index (χ4n) is 4.70. The number of hydrogen-bond donors (Lipinski definition) is 1. The van der Waals surface area contributed by atoms with Crippen LogP contribution in [0.4, 0.5) is 10.5 Å². The second-order valence-electron chi connectivity index (χ2n) is 7.99. The number of sulfonamides is 1. The predicted molar refractivity (Wildman–Crippen MR) is 112 cm³/mol. The number of hydrogen-bond acceptors (Lipinski definition) is 5. The van der Waals surface area contributed by atoms with Crippen LogP contribution in [-0.2, 0) is 21.3 Å². The van der Waals surface area contributed by atoms with Crippen LogP contribution in [0.15, 0.2) is 48.8 Å². The van der Waals surface area contributed by atoms with E-state index >= 15 is 0 Å². The Bertz CT molecular complexity index is 1080. The van der Waals surface area contributed by atoms with E-state index in [0.717, 1.165) is 5.56 Å². The minimum Gasteiger partial charge on any atom is -0.365 e. The molecule has 1 aromatic carbocycles. The number of para-hydroxylation sites is 1. The molecule has 3 saturated heterocycles. The predicted octanol–water partition coefficient (Wildman–Crippen LogP) is 2.32. The molecule has 1 aromatic heterocycles. The van der Waals surface area contributed by atoms with Gasteiger partial charge in [0.1, 0.15) is 10.9 Å². The number of halogens is 1. The van der Waals surface area contributed by atoms with Crippen molar-refractivity contribution in [3.8, 4) is 0 Å². The Morgan fingerprint density at radius 3 is 2.87 bits per heavy atom. The third-order valence-corrected chi connectivity index (χ3v) is 8.64. The summed E-state index contributed by atoms with van der Waals surface area (Å²) in [5.41, 5.74) is 0.425. The van der Waals surface area contributed by atoms with Crippen LogP contribution in [0.1, 0.15) is 12.0 Å². The van der Waals surface area contributed by atoms with Gasteiger partial charge in [0, 0.05) is 32.0 Å². The highest BCUT2D eigenvalue weighted by Gasteiger charge is 2.65. The van der Waals surface area contributed by atoms with Gasteiger partial charge < -0.3 is 15.0 Å². The van der Waals surface area contributed by atoms with Gasteiger partial charge in [0.25, 0.3) is 0 Å². The van der Waals surface area contributed by atoms with Crippen LogP contribution in [-0.4, -0.2) is 65.2 Å². The fraction of sp³-hybridized carbons (Fsp3) is 0.400. The first-order valence-electron chi connectivity index (χ1n) is 9.73. The van der Waals surface area contributed by atoms with Crippen LogP contribution in [0.2, 0.25) is 5.02 Å². The van der Waals surface area contributed by atoms with Crippen molar-refractivity contribution in [2.45, 2.75) is 29.9 Å². The summed E-state index contributed by atoms with van der Waals surface area (Å²) in [6.07, 6.45) is 3.41. The van der Waals surface area contributed by atoms with Crippen LogP contribution in [0, 0.1) is 0 Å². The summed E-state index contributed by atoms with van der Waals surface area (Å²) in [6, 6.07) is 10.3. The molecule has 3 fully saturated rings. The average molecular weight is 449 g/mol. The Labute approximate surface area is 179 Å². The number of benzene rings is 1. The molecule has 2 aromatic rings. The summed E-state index contributed by atoms with van der Waals surface area (Å²) in [6.45, 7) is 1.04. The van der Waals surface area contributed by atoms with E-state index in [2.05, 4.69) is 10.3 Å². The maximum atomic E-state index is 13.2. The van der Waals surface area contributed by atoms with Gasteiger partial charge in [0.15, 0.2) is 0 Å². The van der Waals surface area contributed by atoms with Crippen molar-refractivity contribution in [2.24, 2.45) is 0 Å². The largest absolute Gasteiger partial charge is 0.365 e. The van der Waals surface area contributed by atoms with E-state index in [0.29, 0.717) is 23.7 Å². The van der Waals surface area contributed by atoms with Crippen molar-refractivity contribution in [3.63, 3.8) is 0 Å². The number of nitrogens with one attached hydrogen (secondary N) is 1. The maximum Gasteiger partial charge on any atom is 0.322 e. The smallest absolute Gasteiger partial charge is 0.322 e. The highest BCUT2D eigenvalue weighted by Crippen LogP contribution is 2.47. The second kappa shape index (κ2) is 7.19. The van der Waals surface area contributed by atoms with Gasteiger partial charge >= 0.3 is 6.03 Å². The van der Waals surface area contributed by atoms with Crippen LogP contribution in [0.5, 0.6) is 0 Å². The molecule has 1 N–H and O–H groups in total. The number of ether oxygens (including phenoxy) is 1. The van der Waals surface area contributed by atoms with Crippen molar-refractivity contribution in [1.29, 1.82) is 0 Å². The third-order valence-electron chi connectivity index (χ3n) is 6.00. The first kappa shape index (κ1) is 19.7. The SMILES string of the molecule is O=C(Nc1ccccc1Cl)N1C[C@H]2C[C@H]3[C@](C1)(CN(Cc1cccnc1)S3(=O)=O)O2. The number of nitrogens with zero attached hydrogens (tertiary/aromatic N) is 3. The lowest BCUT2D eigenvalue weighted by atomic mass is 9.99. The lowest BCUT2D eigenvalue weighted by Crippen LogP contribution is -2.57. The van der Waals surface area contributed by atoms with Crippen LogP contribution in [0.25, 0.3) is 0 Å². The van der Waals surface area contributed by atoms with Gasteiger partial charge in [-0.05, 0) is 30.2 Å². The number of pyridine rings is 1. The van der Waals surface area contributed by atoms with Crippen LogP contribution < -0.4 is 5.32 Å². The summed E-state index contributed by atoms with van der Waals surface area (Å²) in [4.78, 5) is 18.6.